The van der Waals surface area contributed by atoms with Gasteiger partial charge in [0.25, 0.3) is 0 Å². The number of fused-ring (bicyclic) bond motifs is 1. The molecule has 0 radical (unpaired) electrons. The van der Waals surface area contributed by atoms with Crippen LogP contribution in [0.15, 0.2) is 0 Å². The Bertz CT molecular complexity index is 144. The maximum atomic E-state index is 2.54. The number of nitrogens with zero attached hydrogens (tertiary/aromatic N) is 1. The summed E-state index contributed by atoms with van der Waals surface area (Å²) in [5.74, 6) is 2.13. The number of rotatable bonds is 0. The van der Waals surface area contributed by atoms with Crippen LogP contribution in [0.4, 0.5) is 0 Å². The first-order valence-electron chi connectivity index (χ1n) is 5.55. The standard InChI is InChI=1S/C11H21N/c1-12-8-4-7-10-5-2-3-6-11(10)9-12/h10-11H,2-9H2,1H3. The van der Waals surface area contributed by atoms with Crippen LogP contribution in [0.1, 0.15) is 38.5 Å². The molecular formula is C11H21N. The van der Waals surface area contributed by atoms with Crippen LogP contribution in [0.3, 0.4) is 0 Å². The van der Waals surface area contributed by atoms with Gasteiger partial charge in [0, 0.05) is 6.54 Å². The topological polar surface area (TPSA) is 3.24 Å². The third-order valence-corrected chi connectivity index (χ3v) is 3.73. The molecule has 0 spiro atoms. The maximum absolute atomic E-state index is 2.54. The molecule has 1 aliphatic heterocycles. The van der Waals surface area contributed by atoms with Crippen molar-refractivity contribution >= 4 is 0 Å². The highest BCUT2D eigenvalue weighted by molar-refractivity contribution is 4.80. The predicted octanol–water partition coefficient (Wildman–Crippen LogP) is 2.52. The molecule has 0 aromatic heterocycles. The van der Waals surface area contributed by atoms with Crippen molar-refractivity contribution in [2.45, 2.75) is 38.5 Å². The lowest BCUT2D eigenvalue weighted by Crippen LogP contribution is -2.28. The Balaban J connectivity index is 1.96. The van der Waals surface area contributed by atoms with Gasteiger partial charge in [0.2, 0.25) is 0 Å². The molecule has 1 heterocycles. The Labute approximate surface area is 76.1 Å². The van der Waals surface area contributed by atoms with Crippen LogP contribution < -0.4 is 0 Å². The van der Waals surface area contributed by atoms with Gasteiger partial charge in [0.15, 0.2) is 0 Å². The second kappa shape index (κ2) is 3.78. The van der Waals surface area contributed by atoms with Crippen molar-refractivity contribution in [1.82, 2.24) is 4.90 Å². The first-order valence-corrected chi connectivity index (χ1v) is 5.55. The van der Waals surface area contributed by atoms with E-state index in [-0.39, 0.29) is 0 Å². The lowest BCUT2D eigenvalue weighted by Gasteiger charge is -2.30. The van der Waals surface area contributed by atoms with Crippen LogP contribution in [0.25, 0.3) is 0 Å². The zero-order valence-electron chi connectivity index (χ0n) is 8.26. The van der Waals surface area contributed by atoms with Crippen molar-refractivity contribution < 1.29 is 0 Å². The van der Waals surface area contributed by atoms with Crippen molar-refractivity contribution in [3.05, 3.63) is 0 Å². The Morgan fingerprint density at radius 2 is 1.58 bits per heavy atom. The molecule has 1 nitrogen and oxygen atoms in total. The summed E-state index contributed by atoms with van der Waals surface area (Å²) in [5.41, 5.74) is 0. The van der Waals surface area contributed by atoms with Crippen LogP contribution in [0.5, 0.6) is 0 Å². The average molecular weight is 167 g/mol. The zero-order valence-corrected chi connectivity index (χ0v) is 8.26. The largest absolute Gasteiger partial charge is 0.306 e. The minimum absolute atomic E-state index is 1.05. The second-order valence-corrected chi connectivity index (χ2v) is 4.71. The lowest BCUT2D eigenvalue weighted by molar-refractivity contribution is 0.198. The molecule has 2 atom stereocenters. The third-order valence-electron chi connectivity index (χ3n) is 3.73. The number of hydrogen-bond donors (Lipinski definition) is 0. The zero-order chi connectivity index (χ0) is 8.39. The number of likely N-dealkylation sites (tertiary alicyclic amines) is 1. The van der Waals surface area contributed by atoms with E-state index in [0.717, 1.165) is 11.8 Å². The third kappa shape index (κ3) is 1.82. The summed E-state index contributed by atoms with van der Waals surface area (Å²) in [5, 5.41) is 0. The first kappa shape index (κ1) is 8.55. The van der Waals surface area contributed by atoms with Crippen LogP contribution in [0.2, 0.25) is 0 Å². The molecule has 2 rings (SSSR count). The molecule has 0 bridgehead atoms. The summed E-state index contributed by atoms with van der Waals surface area (Å²) in [6, 6.07) is 0. The van der Waals surface area contributed by atoms with Gasteiger partial charge in [0.1, 0.15) is 0 Å². The van der Waals surface area contributed by atoms with E-state index in [1.54, 1.807) is 0 Å². The Kier molecular flexibility index (Phi) is 2.69. The van der Waals surface area contributed by atoms with Gasteiger partial charge in [-0.15, -0.1) is 0 Å². The van der Waals surface area contributed by atoms with Crippen LogP contribution >= 0.6 is 0 Å². The minimum atomic E-state index is 1.05. The van der Waals surface area contributed by atoms with E-state index in [1.807, 2.05) is 0 Å². The normalized spacial score (nSPS) is 38.8. The van der Waals surface area contributed by atoms with E-state index in [4.69, 9.17) is 0 Å². The molecule has 0 aromatic carbocycles. The lowest BCUT2D eigenvalue weighted by atomic mass is 9.77. The van der Waals surface area contributed by atoms with Gasteiger partial charge in [0.05, 0.1) is 0 Å². The van der Waals surface area contributed by atoms with Gasteiger partial charge in [-0.05, 0) is 44.7 Å². The van der Waals surface area contributed by atoms with E-state index in [1.165, 1.54) is 51.6 Å². The highest BCUT2D eigenvalue weighted by atomic mass is 15.1. The summed E-state index contributed by atoms with van der Waals surface area (Å²) < 4.78 is 0. The van der Waals surface area contributed by atoms with Crippen molar-refractivity contribution in [2.24, 2.45) is 11.8 Å². The molecule has 0 amide bonds. The second-order valence-electron chi connectivity index (χ2n) is 4.71. The monoisotopic (exact) mass is 167 g/mol. The van der Waals surface area contributed by atoms with E-state index >= 15 is 0 Å². The fraction of sp³-hybridized carbons (Fsp3) is 1.00. The summed E-state index contributed by atoms with van der Waals surface area (Å²) in [6.45, 7) is 2.72. The molecule has 12 heavy (non-hydrogen) atoms. The van der Waals surface area contributed by atoms with Crippen molar-refractivity contribution in [3.63, 3.8) is 0 Å². The fourth-order valence-electron chi connectivity index (χ4n) is 3.02. The van der Waals surface area contributed by atoms with E-state index in [9.17, 15) is 0 Å². The van der Waals surface area contributed by atoms with Crippen molar-refractivity contribution in [3.8, 4) is 0 Å². The van der Waals surface area contributed by atoms with Crippen LogP contribution in [-0.4, -0.2) is 25.0 Å². The quantitative estimate of drug-likeness (QED) is 0.536. The highest BCUT2D eigenvalue weighted by Crippen LogP contribution is 2.35. The molecule has 2 fully saturated rings. The maximum Gasteiger partial charge on any atom is 0.000925 e. The molecule has 1 saturated heterocycles. The molecule has 70 valence electrons. The molecule has 1 heteroatoms. The molecule has 2 unspecified atom stereocenters. The Morgan fingerprint density at radius 3 is 2.42 bits per heavy atom. The summed E-state index contributed by atoms with van der Waals surface area (Å²) in [6.07, 6.45) is 8.99. The van der Waals surface area contributed by atoms with Crippen molar-refractivity contribution in [2.75, 3.05) is 20.1 Å². The molecular weight excluding hydrogens is 146 g/mol. The molecule has 2 aliphatic rings. The van der Waals surface area contributed by atoms with Gasteiger partial charge in [-0.2, -0.15) is 0 Å². The van der Waals surface area contributed by atoms with E-state index in [0.29, 0.717) is 0 Å². The van der Waals surface area contributed by atoms with E-state index in [2.05, 4.69) is 11.9 Å². The minimum Gasteiger partial charge on any atom is -0.306 e. The molecule has 1 aliphatic carbocycles. The molecule has 0 N–H and O–H groups in total. The van der Waals surface area contributed by atoms with Crippen molar-refractivity contribution in [1.29, 1.82) is 0 Å². The molecule has 1 saturated carbocycles. The van der Waals surface area contributed by atoms with Gasteiger partial charge in [-0.1, -0.05) is 19.3 Å². The first-order chi connectivity index (χ1) is 5.86. The van der Waals surface area contributed by atoms with Gasteiger partial charge in [-0.3, -0.25) is 0 Å². The summed E-state index contributed by atoms with van der Waals surface area (Å²) >= 11 is 0. The fourth-order valence-corrected chi connectivity index (χ4v) is 3.02. The predicted molar refractivity (Wildman–Crippen MR) is 52.2 cm³/mol. The van der Waals surface area contributed by atoms with Gasteiger partial charge >= 0.3 is 0 Å². The summed E-state index contributed by atoms with van der Waals surface area (Å²) in [4.78, 5) is 2.54. The molecule has 0 aromatic rings. The highest BCUT2D eigenvalue weighted by Gasteiger charge is 2.27. The number of hydrogen-bond acceptors (Lipinski definition) is 1. The van der Waals surface area contributed by atoms with Gasteiger partial charge < -0.3 is 4.90 Å². The van der Waals surface area contributed by atoms with Crippen LogP contribution in [0, 0.1) is 11.8 Å². The summed E-state index contributed by atoms with van der Waals surface area (Å²) in [7, 11) is 2.29. The van der Waals surface area contributed by atoms with Crippen LogP contribution in [-0.2, 0) is 0 Å². The average Bonchev–Trinajstić information content (AvgIpc) is 2.25. The van der Waals surface area contributed by atoms with Gasteiger partial charge in [-0.25, -0.2) is 0 Å². The Hall–Kier alpha value is -0.0400. The smallest absolute Gasteiger partial charge is 0.000925 e. The van der Waals surface area contributed by atoms with E-state index < -0.39 is 0 Å². The Morgan fingerprint density at radius 1 is 0.917 bits per heavy atom. The SMILES string of the molecule is CN1CCCC2CCCCC2C1.